The minimum atomic E-state index is 0. The molecule has 1 aliphatic rings. The third kappa shape index (κ3) is 7.16. The van der Waals surface area contributed by atoms with E-state index in [9.17, 15) is 0 Å². The van der Waals surface area contributed by atoms with E-state index in [1.807, 2.05) is 24.3 Å². The first-order chi connectivity index (χ1) is 15.8. The second-order valence-corrected chi connectivity index (χ2v) is 8.21. The van der Waals surface area contributed by atoms with Gasteiger partial charge in [0.2, 0.25) is 0 Å². The molecule has 0 radical (unpaired) electrons. The summed E-state index contributed by atoms with van der Waals surface area (Å²) in [4.78, 5) is 0. The van der Waals surface area contributed by atoms with E-state index < -0.39 is 0 Å². The zero-order valence-corrected chi connectivity index (χ0v) is 21.5. The first-order valence-electron chi connectivity index (χ1n) is 10.8. The van der Waals surface area contributed by atoms with Crippen molar-refractivity contribution in [2.45, 2.75) is 6.42 Å². The van der Waals surface area contributed by atoms with Crippen molar-refractivity contribution in [3.8, 4) is 0 Å². The zero-order chi connectivity index (χ0) is 22.0. The molecule has 0 unspecified atom stereocenters. The summed E-state index contributed by atoms with van der Waals surface area (Å²) in [6.45, 7) is 0. The van der Waals surface area contributed by atoms with Crippen LogP contribution < -0.4 is 0 Å². The van der Waals surface area contributed by atoms with Crippen molar-refractivity contribution in [3.05, 3.63) is 166 Å². The Balaban J connectivity index is 0.000000191. The van der Waals surface area contributed by atoms with Gasteiger partial charge in [0.05, 0.1) is 0 Å². The molecule has 5 aromatic rings. The Labute approximate surface area is 216 Å². The first-order valence-corrected chi connectivity index (χ1v) is 11.6. The maximum atomic E-state index is 2.99. The second-order valence-electron chi connectivity index (χ2n) is 7.43. The van der Waals surface area contributed by atoms with Crippen LogP contribution in [0.25, 0.3) is 21.5 Å². The molecule has 0 N–H and O–H groups in total. The molecule has 0 nitrogen and oxygen atoms in total. The molecule has 1 heteroatoms. The van der Waals surface area contributed by atoms with Crippen molar-refractivity contribution in [2.24, 2.45) is 0 Å². The normalized spacial score (nSPS) is 10.8. The maximum absolute atomic E-state index is 2.99. The molecule has 1 aliphatic carbocycles. The number of benzene rings is 4. The molecule has 0 aliphatic heterocycles. The summed E-state index contributed by atoms with van der Waals surface area (Å²) in [5.41, 5.74) is 2.58. The van der Waals surface area contributed by atoms with Gasteiger partial charge >= 0.3 is 95.6 Å². The van der Waals surface area contributed by atoms with E-state index >= 15 is 0 Å². The summed E-state index contributed by atoms with van der Waals surface area (Å²) < 4.78 is 1.33. The first kappa shape index (κ1) is 27.1. The summed E-state index contributed by atoms with van der Waals surface area (Å²) >= 11 is 2.16. The standard InChI is InChI=1S/C13H9.C13H10.C5H5.2CH3.Ti/c1-3-7-12-10(5-1)9-11-6-2-4-8-13(11)12;1-3-7-12(8-4-1)11-13-9-5-2-6-10-13;1-2-4-5-3-1;;;/h1-9H;1-10H;1-3H,4H2;2*1H3;/q-1;;3*-1;. The topological polar surface area (TPSA) is 0 Å². The predicted molar refractivity (Wildman–Crippen MR) is 148 cm³/mol. The molecule has 5 aromatic carbocycles. The van der Waals surface area contributed by atoms with Gasteiger partial charge in [0.25, 0.3) is 0 Å². The van der Waals surface area contributed by atoms with Crippen LogP contribution in [-0.4, -0.2) is 3.81 Å². The van der Waals surface area contributed by atoms with Crippen molar-refractivity contribution >= 4 is 25.4 Å². The molecule has 170 valence electrons. The monoisotopic (exact) mass is 474 g/mol. The zero-order valence-electron chi connectivity index (χ0n) is 19.9. The van der Waals surface area contributed by atoms with Crippen molar-refractivity contribution in [1.29, 1.82) is 0 Å². The fourth-order valence-corrected chi connectivity index (χ4v) is 4.14. The van der Waals surface area contributed by atoms with Crippen molar-refractivity contribution in [3.63, 3.8) is 0 Å². The smallest absolute Gasteiger partial charge is 0.0771 e. The van der Waals surface area contributed by atoms with Gasteiger partial charge < -0.3 is 14.9 Å². The molecule has 0 amide bonds. The van der Waals surface area contributed by atoms with Crippen molar-refractivity contribution in [2.75, 3.05) is 0 Å². The van der Waals surface area contributed by atoms with Gasteiger partial charge in [0, 0.05) is 0 Å². The van der Waals surface area contributed by atoms with E-state index in [1.54, 1.807) is 0 Å². The fraction of sp³-hybridized carbons (Fsp3) is 0.0303. The molecule has 6 rings (SSSR count). The van der Waals surface area contributed by atoms with E-state index in [2.05, 4.69) is 135 Å². The Kier molecular flexibility index (Phi) is 11.3. The average Bonchev–Trinajstić information content (AvgIpc) is 3.57. The Morgan fingerprint density at radius 3 is 1.44 bits per heavy atom. The van der Waals surface area contributed by atoms with E-state index in [-0.39, 0.29) is 14.9 Å². The van der Waals surface area contributed by atoms with Gasteiger partial charge in [0.15, 0.2) is 0 Å². The molecule has 0 spiro atoms. The molecule has 0 fully saturated rings. The minimum Gasteiger partial charge on any atom is -0.126 e. The Hall–Kier alpha value is -3.19. The van der Waals surface area contributed by atoms with E-state index in [1.165, 1.54) is 36.5 Å². The van der Waals surface area contributed by atoms with Gasteiger partial charge in [-0.1, -0.05) is 36.4 Å². The molecule has 0 saturated heterocycles. The van der Waals surface area contributed by atoms with Crippen molar-refractivity contribution in [1.82, 2.24) is 0 Å². The van der Waals surface area contributed by atoms with Crippen LogP contribution >= 0.6 is 0 Å². The van der Waals surface area contributed by atoms with E-state index in [0.29, 0.717) is 0 Å². The van der Waals surface area contributed by atoms with Gasteiger partial charge in [-0.2, -0.15) is 6.08 Å². The van der Waals surface area contributed by atoms with Crippen LogP contribution in [0, 0.1) is 20.9 Å². The SMILES string of the molecule is [C-]1=CC=CC1.[CH3-].[CH3-].[Ti]=[C](c1ccccc1)c1ccccc1.c1ccc2c(c1)[cH-]c1ccccc12. The molecule has 0 bridgehead atoms. The second kappa shape index (κ2) is 14.2. The Bertz CT molecular complexity index is 1240. The number of fused-ring (bicyclic) bond motifs is 3. The molecule has 0 atom stereocenters. The Morgan fingerprint density at radius 2 is 1.06 bits per heavy atom. The quantitative estimate of drug-likeness (QED) is 0.177. The Morgan fingerprint density at radius 1 is 0.618 bits per heavy atom. The number of allylic oxidation sites excluding steroid dienone is 4. The van der Waals surface area contributed by atoms with Gasteiger partial charge in [-0.25, -0.2) is 12.2 Å². The molecular weight excluding hydrogens is 444 g/mol. The van der Waals surface area contributed by atoms with Crippen LogP contribution in [0.5, 0.6) is 0 Å². The summed E-state index contributed by atoms with van der Waals surface area (Å²) in [7, 11) is 0. The molecule has 0 aromatic heterocycles. The summed E-state index contributed by atoms with van der Waals surface area (Å²) in [5, 5.41) is 5.39. The van der Waals surface area contributed by atoms with E-state index in [0.717, 1.165) is 6.42 Å². The van der Waals surface area contributed by atoms with Gasteiger partial charge in [-0.05, 0) is 0 Å². The third-order valence-electron chi connectivity index (χ3n) is 5.23. The fourth-order valence-electron chi connectivity index (χ4n) is 3.62. The van der Waals surface area contributed by atoms with E-state index in [4.69, 9.17) is 0 Å². The molecule has 34 heavy (non-hydrogen) atoms. The average molecular weight is 474 g/mol. The van der Waals surface area contributed by atoms with Gasteiger partial charge in [-0.3, -0.25) is 6.08 Å². The van der Waals surface area contributed by atoms with Crippen LogP contribution in [-0.2, 0) is 20.0 Å². The summed E-state index contributed by atoms with van der Waals surface area (Å²) in [5.74, 6) is 0. The molecule has 0 heterocycles. The molecular formula is C33H30Ti-4. The largest absolute Gasteiger partial charge is 0.126 e. The van der Waals surface area contributed by atoms with Crippen LogP contribution in [0.3, 0.4) is 0 Å². The number of hydrogen-bond acceptors (Lipinski definition) is 0. The third-order valence-corrected chi connectivity index (χ3v) is 6.14. The predicted octanol–water partition coefficient (Wildman–Crippen LogP) is 8.72. The van der Waals surface area contributed by atoms with Crippen molar-refractivity contribution < 1.29 is 20.0 Å². The summed E-state index contributed by atoms with van der Waals surface area (Å²) in [6, 6.07) is 40.2. The van der Waals surface area contributed by atoms with Gasteiger partial charge in [0.1, 0.15) is 0 Å². The number of hydrogen-bond donors (Lipinski definition) is 0. The van der Waals surface area contributed by atoms with Crippen LogP contribution in [0.1, 0.15) is 17.5 Å². The van der Waals surface area contributed by atoms with Gasteiger partial charge in [-0.15, -0.1) is 46.2 Å². The van der Waals surface area contributed by atoms with Crippen LogP contribution in [0.4, 0.5) is 0 Å². The minimum absolute atomic E-state index is 0. The maximum Gasteiger partial charge on any atom is -0.0771 e. The van der Waals surface area contributed by atoms with Crippen LogP contribution in [0.15, 0.2) is 133 Å². The van der Waals surface area contributed by atoms with Crippen LogP contribution in [0.2, 0.25) is 0 Å². The summed E-state index contributed by atoms with van der Waals surface area (Å²) in [6.07, 6.45) is 10.0. The number of rotatable bonds is 2. The molecule has 0 saturated carbocycles.